The molecule has 1 aliphatic rings. The fraction of sp³-hybridized carbons (Fsp3) is 0.600. The minimum atomic E-state index is -3.17. The van der Waals surface area contributed by atoms with Gasteiger partial charge >= 0.3 is 0 Å². The second-order valence-corrected chi connectivity index (χ2v) is 7.96. The molecule has 3 N–H and O–H groups in total. The highest BCUT2D eigenvalue weighted by Gasteiger charge is 2.24. The van der Waals surface area contributed by atoms with Crippen molar-refractivity contribution in [3.05, 3.63) is 29.8 Å². The first-order chi connectivity index (χ1) is 10.0. The molecule has 6 heteroatoms. The SMILES string of the molecule is Cc1ccc(S(=O)(=O)CC[NH+]2CC[NH+](CCO)CC2)cc1. The zero-order chi connectivity index (χ0) is 15.3. The number of hydrogen-bond acceptors (Lipinski definition) is 3. The fourth-order valence-electron chi connectivity index (χ4n) is 2.76. The van der Waals surface area contributed by atoms with Gasteiger partial charge in [-0.2, -0.15) is 0 Å². The highest BCUT2D eigenvalue weighted by Crippen LogP contribution is 2.11. The van der Waals surface area contributed by atoms with Crippen molar-refractivity contribution in [2.24, 2.45) is 0 Å². The molecule has 0 radical (unpaired) electrons. The summed E-state index contributed by atoms with van der Waals surface area (Å²) >= 11 is 0. The number of piperazine rings is 1. The second-order valence-electron chi connectivity index (χ2n) is 5.86. The summed E-state index contributed by atoms with van der Waals surface area (Å²) in [6, 6.07) is 7.08. The van der Waals surface area contributed by atoms with Crippen molar-refractivity contribution in [3.63, 3.8) is 0 Å². The second kappa shape index (κ2) is 7.35. The average Bonchev–Trinajstić information content (AvgIpc) is 2.47. The fourth-order valence-corrected chi connectivity index (χ4v) is 4.10. The van der Waals surface area contributed by atoms with Crippen LogP contribution in [0.5, 0.6) is 0 Å². The van der Waals surface area contributed by atoms with Gasteiger partial charge in [0.15, 0.2) is 9.84 Å². The predicted molar refractivity (Wildman–Crippen MR) is 81.4 cm³/mol. The Morgan fingerprint density at radius 2 is 1.52 bits per heavy atom. The Morgan fingerprint density at radius 3 is 2.05 bits per heavy atom. The highest BCUT2D eigenvalue weighted by molar-refractivity contribution is 7.91. The third-order valence-corrected chi connectivity index (χ3v) is 5.97. The minimum absolute atomic E-state index is 0.209. The summed E-state index contributed by atoms with van der Waals surface area (Å²) in [7, 11) is -3.17. The first-order valence-electron chi connectivity index (χ1n) is 7.59. The number of aliphatic hydroxyl groups is 1. The van der Waals surface area contributed by atoms with Crippen LogP contribution >= 0.6 is 0 Å². The molecule has 0 aromatic heterocycles. The van der Waals surface area contributed by atoms with Gasteiger partial charge in [0.1, 0.15) is 38.5 Å². The number of rotatable bonds is 6. The van der Waals surface area contributed by atoms with E-state index in [1.165, 1.54) is 9.80 Å². The molecule has 0 atom stereocenters. The van der Waals surface area contributed by atoms with E-state index in [9.17, 15) is 8.42 Å². The van der Waals surface area contributed by atoms with Crippen molar-refractivity contribution >= 4 is 9.84 Å². The van der Waals surface area contributed by atoms with Gasteiger partial charge in [0.05, 0.1) is 18.0 Å². The van der Waals surface area contributed by atoms with E-state index in [1.807, 2.05) is 19.1 Å². The Balaban J connectivity index is 1.84. The molecule has 21 heavy (non-hydrogen) atoms. The normalized spacial score (nSPS) is 23.1. The van der Waals surface area contributed by atoms with Gasteiger partial charge in [-0.25, -0.2) is 8.42 Å². The summed E-state index contributed by atoms with van der Waals surface area (Å²) in [5.41, 5.74) is 1.07. The molecule has 0 amide bonds. The number of hydrogen-bond donors (Lipinski definition) is 3. The molecule has 1 saturated heterocycles. The van der Waals surface area contributed by atoms with Crippen LogP contribution in [0.2, 0.25) is 0 Å². The van der Waals surface area contributed by atoms with Crippen molar-refractivity contribution in [1.82, 2.24) is 0 Å². The van der Waals surface area contributed by atoms with E-state index in [2.05, 4.69) is 0 Å². The maximum atomic E-state index is 12.3. The third kappa shape index (κ3) is 4.78. The van der Waals surface area contributed by atoms with Crippen LogP contribution in [0, 0.1) is 6.92 Å². The summed E-state index contributed by atoms with van der Waals surface area (Å²) in [4.78, 5) is 3.20. The lowest BCUT2D eigenvalue weighted by Crippen LogP contribution is -3.28. The van der Waals surface area contributed by atoms with Gasteiger partial charge in [-0.3, -0.25) is 0 Å². The Morgan fingerprint density at radius 1 is 1.00 bits per heavy atom. The standard InChI is InChI=1S/C15H24N2O3S/c1-14-2-4-15(5-3-14)21(19,20)13-11-17-8-6-16(7-9-17)10-12-18/h2-5,18H,6-13H2,1H3/p+2. The average molecular weight is 314 g/mol. The van der Waals surface area contributed by atoms with E-state index in [4.69, 9.17) is 5.11 Å². The molecule has 1 heterocycles. The zero-order valence-electron chi connectivity index (χ0n) is 12.6. The van der Waals surface area contributed by atoms with Gasteiger partial charge in [0, 0.05) is 0 Å². The van der Waals surface area contributed by atoms with Gasteiger partial charge in [-0.15, -0.1) is 0 Å². The quantitative estimate of drug-likeness (QED) is 0.546. The van der Waals surface area contributed by atoms with Crippen molar-refractivity contribution in [2.45, 2.75) is 11.8 Å². The smallest absolute Gasteiger partial charge is 0.183 e. The maximum absolute atomic E-state index is 12.3. The topological polar surface area (TPSA) is 63.2 Å². The van der Waals surface area contributed by atoms with Gasteiger partial charge in [0.2, 0.25) is 0 Å². The molecule has 1 fully saturated rings. The molecule has 1 aromatic rings. The van der Waals surface area contributed by atoms with E-state index in [0.29, 0.717) is 11.4 Å². The first-order valence-corrected chi connectivity index (χ1v) is 9.24. The molecular weight excluding hydrogens is 288 g/mol. The Labute approximate surface area is 127 Å². The highest BCUT2D eigenvalue weighted by atomic mass is 32.2. The number of aliphatic hydroxyl groups excluding tert-OH is 1. The maximum Gasteiger partial charge on any atom is 0.183 e. The lowest BCUT2D eigenvalue weighted by molar-refractivity contribution is -1.01. The molecule has 0 spiro atoms. The molecule has 118 valence electrons. The molecule has 1 aliphatic heterocycles. The molecule has 0 saturated carbocycles. The van der Waals surface area contributed by atoms with Crippen LogP contribution in [0.15, 0.2) is 29.2 Å². The number of nitrogens with one attached hydrogen (secondary N) is 2. The van der Waals surface area contributed by atoms with Gasteiger partial charge < -0.3 is 14.9 Å². The van der Waals surface area contributed by atoms with Crippen LogP contribution in [0.3, 0.4) is 0 Å². The lowest BCUT2D eigenvalue weighted by Gasteiger charge is -2.29. The first kappa shape index (κ1) is 16.4. The molecule has 5 nitrogen and oxygen atoms in total. The van der Waals surface area contributed by atoms with Crippen molar-refractivity contribution < 1.29 is 23.3 Å². The number of aryl methyl sites for hydroxylation is 1. The number of quaternary nitrogens is 2. The summed E-state index contributed by atoms with van der Waals surface area (Å²) < 4.78 is 24.6. The minimum Gasteiger partial charge on any atom is -0.391 e. The van der Waals surface area contributed by atoms with Crippen LogP contribution < -0.4 is 9.80 Å². The van der Waals surface area contributed by atoms with Gasteiger partial charge in [0.25, 0.3) is 0 Å². The van der Waals surface area contributed by atoms with Crippen molar-refractivity contribution in [1.29, 1.82) is 0 Å². The Bertz CT molecular complexity index is 535. The zero-order valence-corrected chi connectivity index (χ0v) is 13.5. The van der Waals surface area contributed by atoms with E-state index in [0.717, 1.165) is 38.3 Å². The van der Waals surface area contributed by atoms with Crippen LogP contribution in [-0.2, 0) is 9.84 Å². The van der Waals surface area contributed by atoms with E-state index >= 15 is 0 Å². The molecule has 1 aromatic carbocycles. The number of benzene rings is 1. The van der Waals surface area contributed by atoms with Crippen molar-refractivity contribution in [3.8, 4) is 0 Å². The molecule has 0 unspecified atom stereocenters. The van der Waals surface area contributed by atoms with E-state index in [-0.39, 0.29) is 12.4 Å². The van der Waals surface area contributed by atoms with Crippen molar-refractivity contribution in [2.75, 3.05) is 51.6 Å². The van der Waals surface area contributed by atoms with Gasteiger partial charge in [-0.1, -0.05) is 17.7 Å². The largest absolute Gasteiger partial charge is 0.391 e. The third-order valence-electron chi connectivity index (χ3n) is 4.23. The molecule has 0 bridgehead atoms. The summed E-state index contributed by atoms with van der Waals surface area (Å²) in [5, 5.41) is 8.93. The summed E-state index contributed by atoms with van der Waals surface area (Å²) in [5.74, 6) is 0.209. The summed E-state index contributed by atoms with van der Waals surface area (Å²) in [6.07, 6.45) is 0. The van der Waals surface area contributed by atoms with Gasteiger partial charge in [-0.05, 0) is 19.1 Å². The summed E-state index contributed by atoms with van der Waals surface area (Å²) in [6.45, 7) is 7.65. The predicted octanol–water partition coefficient (Wildman–Crippen LogP) is -2.46. The van der Waals surface area contributed by atoms with Crippen LogP contribution in [0.1, 0.15) is 5.56 Å². The Kier molecular flexibility index (Phi) is 5.75. The van der Waals surface area contributed by atoms with Crippen LogP contribution in [0.4, 0.5) is 0 Å². The monoisotopic (exact) mass is 314 g/mol. The molecule has 2 rings (SSSR count). The van der Waals surface area contributed by atoms with Crippen LogP contribution in [0.25, 0.3) is 0 Å². The molecular formula is C15H26N2O3S+2. The molecule has 0 aliphatic carbocycles. The van der Waals surface area contributed by atoms with Crippen LogP contribution in [-0.4, -0.2) is 65.2 Å². The van der Waals surface area contributed by atoms with E-state index in [1.54, 1.807) is 12.1 Å². The lowest BCUT2D eigenvalue weighted by atomic mass is 10.2. The van der Waals surface area contributed by atoms with E-state index < -0.39 is 9.84 Å². The Hall–Kier alpha value is -0.950. The number of sulfone groups is 1.